The zero-order chi connectivity index (χ0) is 20.2. The van der Waals surface area contributed by atoms with Gasteiger partial charge in [0.2, 0.25) is 0 Å². The fourth-order valence-electron chi connectivity index (χ4n) is 2.12. The molecular formula is C14H15Cl2N3O6S2. The third-order valence-corrected chi connectivity index (χ3v) is 6.54. The molecular weight excluding hydrogens is 441 g/mol. The maximum atomic E-state index is 12.4. The Balaban J connectivity index is 2.23. The van der Waals surface area contributed by atoms with Gasteiger partial charge >= 0.3 is 11.9 Å². The van der Waals surface area contributed by atoms with Crippen molar-refractivity contribution in [3.05, 3.63) is 27.1 Å². The van der Waals surface area contributed by atoms with Crippen LogP contribution in [0.15, 0.2) is 23.4 Å². The molecule has 9 nitrogen and oxygen atoms in total. The number of carbonyl (C=O) groups is 2. The molecule has 0 aromatic carbocycles. The normalized spacial score (nSPS) is 11.4. The highest BCUT2D eigenvalue weighted by atomic mass is 35.5. The molecule has 0 atom stereocenters. The molecule has 2 heterocycles. The van der Waals surface area contributed by atoms with Crippen LogP contribution in [0, 0.1) is 0 Å². The van der Waals surface area contributed by atoms with Gasteiger partial charge in [-0.05, 0) is 6.07 Å². The maximum absolute atomic E-state index is 12.4. The monoisotopic (exact) mass is 455 g/mol. The number of sulfonamides is 1. The Morgan fingerprint density at radius 1 is 1.26 bits per heavy atom. The van der Waals surface area contributed by atoms with Crippen LogP contribution < -0.4 is 4.72 Å². The molecule has 0 aliphatic heterocycles. The van der Waals surface area contributed by atoms with E-state index in [9.17, 15) is 18.0 Å². The summed E-state index contributed by atoms with van der Waals surface area (Å²) in [5.74, 6) is -1.11. The summed E-state index contributed by atoms with van der Waals surface area (Å²) in [6.45, 7) is 0. The molecule has 1 N–H and O–H groups in total. The van der Waals surface area contributed by atoms with Gasteiger partial charge in [0.1, 0.15) is 9.23 Å². The number of halogens is 2. The second-order valence-electron chi connectivity index (χ2n) is 5.22. The Hall–Kier alpha value is -1.82. The lowest BCUT2D eigenvalue weighted by atomic mass is 10.1. The van der Waals surface area contributed by atoms with E-state index < -0.39 is 28.0 Å². The fraction of sp³-hybridized carbons (Fsp3) is 0.357. The number of nitrogens with one attached hydrogen (secondary N) is 1. The van der Waals surface area contributed by atoms with Crippen LogP contribution in [0.5, 0.6) is 0 Å². The van der Waals surface area contributed by atoms with E-state index in [4.69, 9.17) is 23.2 Å². The van der Waals surface area contributed by atoms with Crippen LogP contribution in [0.4, 0.5) is 5.69 Å². The van der Waals surface area contributed by atoms with E-state index in [1.54, 1.807) is 0 Å². The molecule has 0 saturated carbocycles. The number of rotatable bonds is 8. The minimum Gasteiger partial charge on any atom is -0.469 e. The van der Waals surface area contributed by atoms with Crippen molar-refractivity contribution in [2.75, 3.05) is 18.9 Å². The zero-order valence-electron chi connectivity index (χ0n) is 14.1. The molecule has 0 saturated heterocycles. The lowest BCUT2D eigenvalue weighted by Gasteiger charge is -2.15. The number of thiophene rings is 1. The van der Waals surface area contributed by atoms with Crippen LogP contribution in [0.25, 0.3) is 0 Å². The summed E-state index contributed by atoms with van der Waals surface area (Å²) in [6, 6.07) is 0.529. The number of anilines is 1. The number of hydrogen-bond acceptors (Lipinski definition) is 8. The Kier molecular flexibility index (Phi) is 7.09. The van der Waals surface area contributed by atoms with E-state index in [1.807, 2.05) is 0 Å². The Labute approximate surface area is 169 Å². The molecule has 0 amide bonds. The highest BCUT2D eigenvalue weighted by molar-refractivity contribution is 7.93. The second kappa shape index (κ2) is 8.91. The lowest BCUT2D eigenvalue weighted by Crippen LogP contribution is -2.19. The van der Waals surface area contributed by atoms with Crippen molar-refractivity contribution in [2.45, 2.75) is 23.8 Å². The quantitative estimate of drug-likeness (QED) is 0.607. The maximum Gasteiger partial charge on any atom is 0.307 e. The lowest BCUT2D eigenvalue weighted by molar-refractivity contribution is -0.144. The first-order chi connectivity index (χ1) is 12.7. The van der Waals surface area contributed by atoms with E-state index in [0.29, 0.717) is 0 Å². The standard InChI is InChI=1S/C14H15Cl2N3O6S2/c1-24-12(20)3-9(4-13(21)25-2)19-7-8(6-17-19)18-27(22,23)10-5-11(15)26-14(10)16/h5-7,9,18H,3-4H2,1-2H3. The summed E-state index contributed by atoms with van der Waals surface area (Å²) < 4.78 is 37.9. The summed E-state index contributed by atoms with van der Waals surface area (Å²) in [4.78, 5) is 23.0. The summed E-state index contributed by atoms with van der Waals surface area (Å²) in [5, 5.41) is 4.01. The molecule has 0 unspecified atom stereocenters. The number of hydrogen-bond donors (Lipinski definition) is 1. The van der Waals surface area contributed by atoms with Gasteiger partial charge in [-0.1, -0.05) is 23.2 Å². The second-order valence-corrected chi connectivity index (χ2v) is 9.15. The highest BCUT2D eigenvalue weighted by Crippen LogP contribution is 2.35. The minimum absolute atomic E-state index is 0.0224. The van der Waals surface area contributed by atoms with Crippen molar-refractivity contribution in [2.24, 2.45) is 0 Å². The number of ether oxygens (including phenoxy) is 2. The molecule has 0 spiro atoms. The third-order valence-electron chi connectivity index (χ3n) is 3.40. The van der Waals surface area contributed by atoms with E-state index in [0.717, 1.165) is 11.3 Å². The molecule has 13 heteroatoms. The largest absolute Gasteiger partial charge is 0.469 e. The first kappa shape index (κ1) is 21.5. The fourth-order valence-corrected chi connectivity index (χ4v) is 5.30. The van der Waals surface area contributed by atoms with Gasteiger partial charge in [-0.3, -0.25) is 19.0 Å². The van der Waals surface area contributed by atoms with Crippen molar-refractivity contribution in [1.82, 2.24) is 9.78 Å². The predicted molar refractivity (Wildman–Crippen MR) is 99.7 cm³/mol. The molecule has 148 valence electrons. The molecule has 2 aromatic rings. The summed E-state index contributed by atoms with van der Waals surface area (Å²) in [7, 11) is -1.55. The van der Waals surface area contributed by atoms with Gasteiger partial charge in [-0.25, -0.2) is 8.42 Å². The number of aromatic nitrogens is 2. The molecule has 0 aliphatic carbocycles. The van der Waals surface area contributed by atoms with Crippen LogP contribution in [-0.2, 0) is 29.1 Å². The highest BCUT2D eigenvalue weighted by Gasteiger charge is 2.24. The van der Waals surface area contributed by atoms with Gasteiger partial charge < -0.3 is 9.47 Å². The van der Waals surface area contributed by atoms with E-state index in [1.165, 1.54) is 37.4 Å². The van der Waals surface area contributed by atoms with Gasteiger partial charge in [0.05, 0.1) is 49.3 Å². The van der Waals surface area contributed by atoms with Crippen molar-refractivity contribution in [3.8, 4) is 0 Å². The number of esters is 2. The van der Waals surface area contributed by atoms with E-state index in [2.05, 4.69) is 19.3 Å². The molecule has 2 aromatic heterocycles. The summed E-state index contributed by atoms with van der Waals surface area (Å²) >= 11 is 12.6. The molecule has 2 rings (SSSR count). The Bertz CT molecular complexity index is 923. The van der Waals surface area contributed by atoms with Crippen LogP contribution in [0.1, 0.15) is 18.9 Å². The predicted octanol–water partition coefficient (Wildman–Crippen LogP) is 2.72. The summed E-state index contributed by atoms with van der Waals surface area (Å²) in [6.07, 6.45) is 2.29. The molecule has 27 heavy (non-hydrogen) atoms. The average molecular weight is 456 g/mol. The average Bonchev–Trinajstić information content (AvgIpc) is 3.19. The van der Waals surface area contributed by atoms with Gasteiger partial charge in [0.15, 0.2) is 0 Å². The number of carbonyl (C=O) groups excluding carboxylic acids is 2. The molecule has 0 aliphatic rings. The molecule has 0 bridgehead atoms. The summed E-state index contributed by atoms with van der Waals surface area (Å²) in [5.41, 5.74) is 0.119. The number of methoxy groups -OCH3 is 2. The van der Waals surface area contributed by atoms with Crippen molar-refractivity contribution >= 4 is 62.2 Å². The first-order valence-electron chi connectivity index (χ1n) is 7.31. The van der Waals surface area contributed by atoms with E-state index >= 15 is 0 Å². The van der Waals surface area contributed by atoms with Crippen LogP contribution in [0.2, 0.25) is 8.67 Å². The molecule has 0 fully saturated rings. The smallest absolute Gasteiger partial charge is 0.307 e. The first-order valence-corrected chi connectivity index (χ1v) is 10.4. The number of nitrogens with zero attached hydrogens (tertiary/aromatic N) is 2. The molecule has 0 radical (unpaired) electrons. The van der Waals surface area contributed by atoms with Crippen LogP contribution in [-0.4, -0.2) is 44.4 Å². The Morgan fingerprint density at radius 2 is 1.85 bits per heavy atom. The van der Waals surface area contributed by atoms with Gasteiger partial charge in [0.25, 0.3) is 10.0 Å². The van der Waals surface area contributed by atoms with Gasteiger partial charge in [-0.15, -0.1) is 11.3 Å². The minimum atomic E-state index is -3.98. The third kappa shape index (κ3) is 5.58. The van der Waals surface area contributed by atoms with Crippen molar-refractivity contribution < 1.29 is 27.5 Å². The van der Waals surface area contributed by atoms with Crippen LogP contribution in [0.3, 0.4) is 0 Å². The van der Waals surface area contributed by atoms with E-state index in [-0.39, 0.29) is 32.1 Å². The van der Waals surface area contributed by atoms with Crippen molar-refractivity contribution in [3.63, 3.8) is 0 Å². The Morgan fingerprint density at radius 3 is 2.33 bits per heavy atom. The topological polar surface area (TPSA) is 117 Å². The SMILES string of the molecule is COC(=O)CC(CC(=O)OC)n1cc(NS(=O)(=O)c2cc(Cl)sc2Cl)cn1. The van der Waals surface area contributed by atoms with Gasteiger partial charge in [0, 0.05) is 6.20 Å². The van der Waals surface area contributed by atoms with Gasteiger partial charge in [-0.2, -0.15) is 5.10 Å². The zero-order valence-corrected chi connectivity index (χ0v) is 17.3. The van der Waals surface area contributed by atoms with Crippen molar-refractivity contribution in [1.29, 1.82) is 0 Å². The van der Waals surface area contributed by atoms with Crippen LogP contribution >= 0.6 is 34.5 Å².